The average molecular weight is 1180 g/mol. The maximum atomic E-state index is 13.4. The van der Waals surface area contributed by atoms with E-state index in [0.717, 1.165) is 64.2 Å². The molecule has 3 heterocycles. The second-order valence-electron chi connectivity index (χ2n) is 22.8. The number of hydrogen-bond donors (Lipinski definition) is 12. The zero-order valence-electron chi connectivity index (χ0n) is 50.4. The van der Waals surface area contributed by atoms with E-state index in [9.17, 15) is 61.0 Å². The Labute approximate surface area is 496 Å². The Kier molecular flexibility index (Phi) is 42.0. The second-order valence-corrected chi connectivity index (χ2v) is 22.8. The van der Waals surface area contributed by atoms with Crippen LogP contribution in [-0.4, -0.2) is 193 Å². The highest BCUT2D eigenvalue weighted by Gasteiger charge is 2.53. The van der Waals surface area contributed by atoms with Gasteiger partial charge < -0.3 is 89.9 Å². The smallest absolute Gasteiger partial charge is 0.220 e. The molecule has 17 atom stereocenters. The molecule has 3 rings (SSSR count). The van der Waals surface area contributed by atoms with E-state index in [1.165, 1.54) is 109 Å². The number of ether oxygens (including phenoxy) is 6. The van der Waals surface area contributed by atoms with E-state index in [-0.39, 0.29) is 18.9 Å². The van der Waals surface area contributed by atoms with Gasteiger partial charge >= 0.3 is 0 Å². The van der Waals surface area contributed by atoms with E-state index in [1.807, 2.05) is 6.08 Å². The van der Waals surface area contributed by atoms with Crippen LogP contribution in [0.25, 0.3) is 0 Å². The van der Waals surface area contributed by atoms with Gasteiger partial charge in [-0.1, -0.05) is 184 Å². The monoisotopic (exact) mass is 1180 g/mol. The summed E-state index contributed by atoms with van der Waals surface area (Å²) in [6, 6.07) is -1.00. The first kappa shape index (κ1) is 74.7. The van der Waals surface area contributed by atoms with Gasteiger partial charge in [0.15, 0.2) is 18.9 Å². The number of carbonyl (C=O) groups is 1. The van der Waals surface area contributed by atoms with Crippen LogP contribution in [-0.2, 0) is 33.2 Å². The van der Waals surface area contributed by atoms with Crippen LogP contribution in [0.4, 0.5) is 0 Å². The molecule has 0 spiro atoms. The van der Waals surface area contributed by atoms with Crippen molar-refractivity contribution in [2.75, 3.05) is 26.4 Å². The predicted molar refractivity (Wildman–Crippen MR) is 318 cm³/mol. The van der Waals surface area contributed by atoms with Crippen molar-refractivity contribution in [3.8, 4) is 0 Å². The lowest BCUT2D eigenvalue weighted by atomic mass is 9.96. The van der Waals surface area contributed by atoms with Crippen molar-refractivity contribution >= 4 is 5.91 Å². The zero-order chi connectivity index (χ0) is 60.5. The molecule has 0 radical (unpaired) electrons. The summed E-state index contributed by atoms with van der Waals surface area (Å²) in [6.07, 6.45) is 27.6. The van der Waals surface area contributed by atoms with Crippen LogP contribution in [0.3, 0.4) is 0 Å². The number of nitrogens with one attached hydrogen (secondary N) is 1. The van der Waals surface area contributed by atoms with E-state index < -0.39 is 124 Å². The zero-order valence-corrected chi connectivity index (χ0v) is 50.4. The molecule has 19 nitrogen and oxygen atoms in total. The number of hydrogen-bond acceptors (Lipinski definition) is 18. The number of allylic oxidation sites excluding steroid dienone is 9. The van der Waals surface area contributed by atoms with E-state index in [2.05, 4.69) is 67.8 Å². The Morgan fingerprint density at radius 3 is 1.30 bits per heavy atom. The minimum Gasteiger partial charge on any atom is -0.394 e. The maximum absolute atomic E-state index is 13.4. The topological polar surface area (TPSA) is 307 Å². The minimum atomic E-state index is -1.98. The van der Waals surface area contributed by atoms with Crippen molar-refractivity contribution in [3.63, 3.8) is 0 Å². The Balaban J connectivity index is 1.50. The van der Waals surface area contributed by atoms with Gasteiger partial charge in [-0.2, -0.15) is 0 Å². The third kappa shape index (κ3) is 29.8. The molecule has 0 aliphatic carbocycles. The number of unbranched alkanes of at least 4 members (excludes halogenated alkanes) is 23. The molecule has 19 heteroatoms. The molecule has 0 aromatic rings. The third-order valence-corrected chi connectivity index (χ3v) is 15.8. The molecular weight excluding hydrogens is 1070 g/mol. The van der Waals surface area contributed by atoms with E-state index in [1.54, 1.807) is 6.08 Å². The third-order valence-electron chi connectivity index (χ3n) is 15.8. The molecular formula is C64H113NO18. The summed E-state index contributed by atoms with van der Waals surface area (Å²) in [5.74, 6) is -0.296. The summed E-state index contributed by atoms with van der Waals surface area (Å²) >= 11 is 0. The Bertz CT molecular complexity index is 1750. The Morgan fingerprint density at radius 1 is 0.434 bits per heavy atom. The number of aliphatic hydroxyl groups excluding tert-OH is 11. The molecule has 0 aromatic carbocycles. The Morgan fingerprint density at radius 2 is 0.807 bits per heavy atom. The molecule has 3 saturated heterocycles. The first-order valence-corrected chi connectivity index (χ1v) is 32.0. The van der Waals surface area contributed by atoms with Gasteiger partial charge in [0.2, 0.25) is 5.91 Å². The van der Waals surface area contributed by atoms with Gasteiger partial charge in [-0.15, -0.1) is 0 Å². The van der Waals surface area contributed by atoms with Gasteiger partial charge in [0.25, 0.3) is 0 Å². The quantitative estimate of drug-likeness (QED) is 0.0220. The first-order chi connectivity index (χ1) is 40.3. The summed E-state index contributed by atoms with van der Waals surface area (Å²) in [6.45, 7) is 1.66. The van der Waals surface area contributed by atoms with Gasteiger partial charge in [-0.25, -0.2) is 0 Å². The predicted octanol–water partition coefficient (Wildman–Crippen LogP) is 6.82. The molecule has 12 N–H and O–H groups in total. The van der Waals surface area contributed by atoms with Crippen molar-refractivity contribution in [3.05, 3.63) is 60.8 Å². The Hall–Kier alpha value is -2.51. The fourth-order valence-electron chi connectivity index (χ4n) is 10.5. The van der Waals surface area contributed by atoms with E-state index in [0.29, 0.717) is 12.8 Å². The average Bonchev–Trinajstić information content (AvgIpc) is 3.43. The lowest BCUT2D eigenvalue weighted by Crippen LogP contribution is -2.66. The molecule has 3 aliphatic rings. The molecule has 482 valence electrons. The molecule has 83 heavy (non-hydrogen) atoms. The van der Waals surface area contributed by atoms with E-state index in [4.69, 9.17) is 28.4 Å². The fourth-order valence-corrected chi connectivity index (χ4v) is 10.5. The van der Waals surface area contributed by atoms with Crippen LogP contribution in [0.1, 0.15) is 206 Å². The maximum Gasteiger partial charge on any atom is 0.220 e. The molecule has 0 aromatic heterocycles. The summed E-state index contributed by atoms with van der Waals surface area (Å²) < 4.78 is 34.3. The van der Waals surface area contributed by atoms with Crippen molar-refractivity contribution < 1.29 is 89.4 Å². The minimum absolute atomic E-state index is 0.225. The van der Waals surface area contributed by atoms with Crippen LogP contribution in [0, 0.1) is 0 Å². The van der Waals surface area contributed by atoms with Crippen molar-refractivity contribution in [1.82, 2.24) is 5.32 Å². The fraction of sp³-hybridized carbons (Fsp3) is 0.828. The number of rotatable bonds is 47. The lowest BCUT2D eigenvalue weighted by Gasteiger charge is -2.48. The molecule has 1 amide bonds. The van der Waals surface area contributed by atoms with Gasteiger partial charge in [0.1, 0.15) is 73.2 Å². The summed E-state index contributed by atoms with van der Waals surface area (Å²) in [7, 11) is 0. The normalized spacial score (nSPS) is 29.8. The van der Waals surface area contributed by atoms with Crippen molar-refractivity contribution in [2.24, 2.45) is 0 Å². The van der Waals surface area contributed by atoms with Crippen molar-refractivity contribution in [2.45, 2.75) is 311 Å². The largest absolute Gasteiger partial charge is 0.394 e. The highest BCUT2D eigenvalue weighted by Crippen LogP contribution is 2.33. The van der Waals surface area contributed by atoms with Gasteiger partial charge in [-0.3, -0.25) is 4.79 Å². The standard InChI is InChI=1S/C64H113NO18/c1-3-5-7-9-11-13-15-17-19-21-23-25-27-29-31-33-35-37-39-41-48(69)47(65-52(70)42-40-38-36-34-32-30-28-26-24-22-20-18-16-14-12-10-8-6-4-2)46-78-62-58(76)55(73)60(50(44-67)80-62)83-64-59(77)56(74)61(51(45-68)81-64)82-63-57(75)54(72)53(71)49(43-66)79-63/h12,14,18,20,23,25,31,33,39,41,47-51,53-64,66-69,71-77H,3-11,13,15-17,19,21-22,24,26-30,32,34-38,40,42-46H2,1-2H3,(H,65,70)/b14-12-,20-18-,25-23+,33-31+,41-39+. The number of aliphatic hydroxyl groups is 11. The van der Waals surface area contributed by atoms with Crippen molar-refractivity contribution in [1.29, 1.82) is 0 Å². The van der Waals surface area contributed by atoms with Gasteiger partial charge in [0, 0.05) is 6.42 Å². The lowest BCUT2D eigenvalue weighted by molar-refractivity contribution is -0.379. The van der Waals surface area contributed by atoms with Gasteiger partial charge in [0.05, 0.1) is 38.6 Å². The van der Waals surface area contributed by atoms with Crippen LogP contribution < -0.4 is 5.32 Å². The molecule has 17 unspecified atom stereocenters. The summed E-state index contributed by atoms with van der Waals surface area (Å²) in [5, 5.41) is 120. The van der Waals surface area contributed by atoms with Crippen LogP contribution in [0.15, 0.2) is 60.8 Å². The van der Waals surface area contributed by atoms with Gasteiger partial charge in [-0.05, 0) is 77.0 Å². The molecule has 0 bridgehead atoms. The first-order valence-electron chi connectivity index (χ1n) is 32.0. The number of amides is 1. The molecule has 0 saturated carbocycles. The van der Waals surface area contributed by atoms with Crippen LogP contribution >= 0.6 is 0 Å². The second kappa shape index (κ2) is 46.6. The molecule has 3 fully saturated rings. The highest BCUT2D eigenvalue weighted by atomic mass is 16.8. The molecule has 3 aliphatic heterocycles. The summed E-state index contributed by atoms with van der Waals surface area (Å²) in [4.78, 5) is 13.4. The SMILES string of the molecule is CCCCC/C=C\C/C=C\CCCCCCCCCCCC(=O)NC(COC1OC(CO)C(OC2OC(CO)C(OC3OC(CO)C(O)C(O)C3O)C(O)C2O)C(O)C1O)C(O)/C=C/CC/C=C/CC/C=C/CCCCCCCCCCC. The van der Waals surface area contributed by atoms with Crippen LogP contribution in [0.5, 0.6) is 0 Å². The van der Waals surface area contributed by atoms with Crippen LogP contribution in [0.2, 0.25) is 0 Å². The number of carbonyl (C=O) groups excluding carboxylic acids is 1. The highest BCUT2D eigenvalue weighted by molar-refractivity contribution is 5.76. The summed E-state index contributed by atoms with van der Waals surface area (Å²) in [5.41, 5.74) is 0. The van der Waals surface area contributed by atoms with E-state index >= 15 is 0 Å².